The van der Waals surface area contributed by atoms with Crippen LogP contribution in [-0.4, -0.2) is 20.7 Å². The fraction of sp³-hybridized carbons (Fsp3) is 0.462. The second kappa shape index (κ2) is 7.85. The molecule has 0 unspecified atom stereocenters. The van der Waals surface area contributed by atoms with Crippen LogP contribution in [0.2, 0.25) is 0 Å². The highest BCUT2D eigenvalue weighted by Crippen LogP contribution is 2.01. The molecule has 4 nitrogen and oxygen atoms in total. The van der Waals surface area contributed by atoms with Gasteiger partial charge in [-0.1, -0.05) is 30.3 Å². The molecular formula is C13H18N2O2S. The minimum atomic E-state index is -3.20. The van der Waals surface area contributed by atoms with E-state index in [1.807, 2.05) is 36.4 Å². The molecule has 1 aromatic carbocycles. The van der Waals surface area contributed by atoms with E-state index in [-0.39, 0.29) is 5.75 Å². The van der Waals surface area contributed by atoms with Crippen molar-refractivity contribution in [2.24, 2.45) is 0 Å². The third kappa shape index (κ3) is 6.38. The van der Waals surface area contributed by atoms with Gasteiger partial charge in [0.05, 0.1) is 11.8 Å². The first kappa shape index (κ1) is 14.7. The summed E-state index contributed by atoms with van der Waals surface area (Å²) in [6.45, 7) is 0.415. The Hall–Kier alpha value is -1.38. The molecule has 0 bridgehead atoms. The standard InChI is InChI=1S/C13H18N2O2S/c14-10-5-2-6-11-15-18(16,17)12-9-13-7-3-1-4-8-13/h1,3-4,7-8,15H,2,5-6,9,11-12H2. The number of nitrogens with zero attached hydrogens (tertiary/aromatic N) is 1. The van der Waals surface area contributed by atoms with Gasteiger partial charge < -0.3 is 0 Å². The van der Waals surface area contributed by atoms with Crippen LogP contribution in [-0.2, 0) is 16.4 Å². The van der Waals surface area contributed by atoms with Crippen molar-refractivity contribution in [1.82, 2.24) is 4.72 Å². The number of nitriles is 1. The van der Waals surface area contributed by atoms with Crippen molar-refractivity contribution in [2.45, 2.75) is 25.7 Å². The van der Waals surface area contributed by atoms with Crippen molar-refractivity contribution in [3.63, 3.8) is 0 Å². The number of nitrogens with one attached hydrogen (secondary N) is 1. The number of sulfonamides is 1. The van der Waals surface area contributed by atoms with Gasteiger partial charge in [-0.05, 0) is 24.8 Å². The largest absolute Gasteiger partial charge is 0.215 e. The quantitative estimate of drug-likeness (QED) is 0.730. The monoisotopic (exact) mass is 266 g/mol. The number of hydrogen-bond acceptors (Lipinski definition) is 3. The van der Waals surface area contributed by atoms with E-state index in [2.05, 4.69) is 4.72 Å². The molecule has 0 fully saturated rings. The van der Waals surface area contributed by atoms with Crippen molar-refractivity contribution in [3.8, 4) is 6.07 Å². The lowest BCUT2D eigenvalue weighted by molar-refractivity contribution is 0.576. The van der Waals surface area contributed by atoms with Crippen LogP contribution in [0.15, 0.2) is 30.3 Å². The number of hydrogen-bond donors (Lipinski definition) is 1. The van der Waals surface area contributed by atoms with E-state index in [4.69, 9.17) is 5.26 Å². The summed E-state index contributed by atoms with van der Waals surface area (Å²) in [5.74, 6) is 0.106. The van der Waals surface area contributed by atoms with Gasteiger partial charge in [0.25, 0.3) is 0 Å². The molecule has 1 rings (SSSR count). The van der Waals surface area contributed by atoms with Crippen molar-refractivity contribution in [2.75, 3.05) is 12.3 Å². The highest BCUT2D eigenvalue weighted by atomic mass is 32.2. The third-order valence-corrected chi connectivity index (χ3v) is 3.93. The maximum absolute atomic E-state index is 11.7. The van der Waals surface area contributed by atoms with Crippen LogP contribution in [0.4, 0.5) is 0 Å². The highest BCUT2D eigenvalue weighted by molar-refractivity contribution is 7.89. The molecule has 1 aromatic rings. The number of aryl methyl sites for hydroxylation is 1. The molecule has 5 heteroatoms. The fourth-order valence-electron chi connectivity index (χ4n) is 1.53. The Balaban J connectivity index is 2.26. The van der Waals surface area contributed by atoms with Gasteiger partial charge in [0.2, 0.25) is 10.0 Å². The lowest BCUT2D eigenvalue weighted by atomic mass is 10.2. The SMILES string of the molecule is N#CCCCCNS(=O)(=O)CCc1ccccc1. The molecule has 0 heterocycles. The molecule has 0 aliphatic rings. The highest BCUT2D eigenvalue weighted by Gasteiger charge is 2.09. The lowest BCUT2D eigenvalue weighted by Crippen LogP contribution is -2.28. The molecule has 0 spiro atoms. The summed E-state index contributed by atoms with van der Waals surface area (Å²) < 4.78 is 25.9. The normalized spacial score (nSPS) is 11.1. The molecule has 1 N–H and O–H groups in total. The van der Waals surface area contributed by atoms with Crippen molar-refractivity contribution >= 4 is 10.0 Å². The van der Waals surface area contributed by atoms with Crippen LogP contribution in [0.25, 0.3) is 0 Å². The molecule has 18 heavy (non-hydrogen) atoms. The van der Waals surface area contributed by atoms with Gasteiger partial charge in [0, 0.05) is 13.0 Å². The van der Waals surface area contributed by atoms with Crippen LogP contribution in [0.3, 0.4) is 0 Å². The van der Waals surface area contributed by atoms with Gasteiger partial charge >= 0.3 is 0 Å². The van der Waals surface area contributed by atoms with Crippen molar-refractivity contribution < 1.29 is 8.42 Å². The van der Waals surface area contributed by atoms with E-state index in [0.29, 0.717) is 25.8 Å². The summed E-state index contributed by atoms with van der Waals surface area (Å²) in [4.78, 5) is 0. The first-order valence-electron chi connectivity index (χ1n) is 6.02. The zero-order valence-corrected chi connectivity index (χ0v) is 11.1. The molecular weight excluding hydrogens is 248 g/mol. The van der Waals surface area contributed by atoms with Crippen LogP contribution >= 0.6 is 0 Å². The molecule has 0 atom stereocenters. The molecule has 0 saturated carbocycles. The van der Waals surface area contributed by atoms with Crippen molar-refractivity contribution in [1.29, 1.82) is 5.26 Å². The van der Waals surface area contributed by atoms with E-state index < -0.39 is 10.0 Å². The molecule has 0 aliphatic carbocycles. The van der Waals surface area contributed by atoms with Crippen LogP contribution < -0.4 is 4.72 Å². The van der Waals surface area contributed by atoms with Gasteiger partial charge in [0.1, 0.15) is 0 Å². The average molecular weight is 266 g/mol. The maximum atomic E-state index is 11.7. The molecule has 0 aliphatic heterocycles. The smallest absolute Gasteiger partial charge is 0.211 e. The molecule has 0 saturated heterocycles. The van der Waals surface area contributed by atoms with Crippen LogP contribution in [0.5, 0.6) is 0 Å². The Labute approximate surface area is 109 Å². The average Bonchev–Trinajstić information content (AvgIpc) is 2.38. The summed E-state index contributed by atoms with van der Waals surface area (Å²) in [6, 6.07) is 11.6. The first-order chi connectivity index (χ1) is 8.64. The minimum absolute atomic E-state index is 0.106. The predicted molar refractivity (Wildman–Crippen MR) is 71.4 cm³/mol. The Morgan fingerprint density at radius 3 is 2.56 bits per heavy atom. The first-order valence-corrected chi connectivity index (χ1v) is 7.67. The van der Waals surface area contributed by atoms with Gasteiger partial charge in [-0.25, -0.2) is 13.1 Å². The van der Waals surface area contributed by atoms with Crippen LogP contribution in [0, 0.1) is 11.3 Å². The zero-order valence-electron chi connectivity index (χ0n) is 10.3. The number of benzene rings is 1. The summed E-state index contributed by atoms with van der Waals surface area (Å²) in [5, 5.41) is 8.35. The second-order valence-corrected chi connectivity index (χ2v) is 5.99. The van der Waals surface area contributed by atoms with E-state index in [9.17, 15) is 8.42 Å². The van der Waals surface area contributed by atoms with E-state index in [1.165, 1.54) is 0 Å². The Bertz CT molecular complexity index is 477. The number of unbranched alkanes of at least 4 members (excludes halogenated alkanes) is 2. The summed E-state index contributed by atoms with van der Waals surface area (Å²) in [7, 11) is -3.20. The van der Waals surface area contributed by atoms with Gasteiger partial charge in [-0.15, -0.1) is 0 Å². The molecule has 0 amide bonds. The van der Waals surface area contributed by atoms with Gasteiger partial charge in [-0.3, -0.25) is 0 Å². The fourth-order valence-corrected chi connectivity index (χ4v) is 2.63. The summed E-state index contributed by atoms with van der Waals surface area (Å²) in [6.07, 6.45) is 2.44. The lowest BCUT2D eigenvalue weighted by Gasteiger charge is -2.06. The van der Waals surface area contributed by atoms with E-state index >= 15 is 0 Å². The Kier molecular flexibility index (Phi) is 6.40. The van der Waals surface area contributed by atoms with Gasteiger partial charge in [-0.2, -0.15) is 5.26 Å². The summed E-state index contributed by atoms with van der Waals surface area (Å²) >= 11 is 0. The Morgan fingerprint density at radius 1 is 1.17 bits per heavy atom. The van der Waals surface area contributed by atoms with Gasteiger partial charge in [0.15, 0.2) is 0 Å². The summed E-state index contributed by atoms with van der Waals surface area (Å²) in [5.41, 5.74) is 1.02. The molecule has 0 radical (unpaired) electrons. The molecule has 98 valence electrons. The van der Waals surface area contributed by atoms with Crippen LogP contribution in [0.1, 0.15) is 24.8 Å². The third-order valence-electron chi connectivity index (χ3n) is 2.54. The minimum Gasteiger partial charge on any atom is -0.215 e. The molecule has 0 aromatic heterocycles. The predicted octanol–water partition coefficient (Wildman–Crippen LogP) is 1.84. The van der Waals surface area contributed by atoms with Crippen molar-refractivity contribution in [3.05, 3.63) is 35.9 Å². The maximum Gasteiger partial charge on any atom is 0.211 e. The second-order valence-electron chi connectivity index (χ2n) is 4.06. The van der Waals surface area contributed by atoms with E-state index in [0.717, 1.165) is 12.0 Å². The topological polar surface area (TPSA) is 70.0 Å². The number of rotatable bonds is 8. The zero-order chi connectivity index (χ0) is 13.3. The van der Waals surface area contributed by atoms with E-state index in [1.54, 1.807) is 0 Å². The Morgan fingerprint density at radius 2 is 1.89 bits per heavy atom.